The lowest BCUT2D eigenvalue weighted by molar-refractivity contribution is -0.845. The Labute approximate surface area is 645 Å². The third kappa shape index (κ3) is 73.9. The van der Waals surface area contributed by atoms with Crippen LogP contribution in [-0.4, -0.2) is 59.1 Å². The molecule has 0 aliphatic heterocycles. The first-order chi connectivity index (χ1) is 48.6. The van der Waals surface area contributed by atoms with Gasteiger partial charge in [-0.3, -0.25) is 4.98 Å². The van der Waals surface area contributed by atoms with Crippen LogP contribution < -0.4 is 63.8 Å². The van der Waals surface area contributed by atoms with Crippen LogP contribution in [0.3, 0.4) is 0 Å². The summed E-state index contributed by atoms with van der Waals surface area (Å²) < 4.78 is 41.5. The van der Waals surface area contributed by atoms with Crippen molar-refractivity contribution in [1.29, 1.82) is 0 Å². The molecule has 582 valence electrons. The molecule has 0 fully saturated rings. The average Bonchev–Trinajstić information content (AvgIpc) is 1.85. The van der Waals surface area contributed by atoms with Gasteiger partial charge in [-0.15, -0.1) is 13.3 Å². The molecule has 106 heavy (non-hydrogen) atoms. The van der Waals surface area contributed by atoms with E-state index in [9.17, 15) is 0 Å². The van der Waals surface area contributed by atoms with Crippen LogP contribution in [-0.2, 0) is 120 Å². The van der Waals surface area contributed by atoms with Crippen LogP contribution in [0.2, 0.25) is 0 Å². The summed E-state index contributed by atoms with van der Waals surface area (Å²) in [6, 6.07) is 21.4. The molecule has 0 aromatic carbocycles. The molecular weight excluding hydrogens is 1370 g/mol. The van der Waals surface area contributed by atoms with Crippen molar-refractivity contribution in [1.82, 2.24) is 59.1 Å². The predicted octanol–water partition coefficient (Wildman–Crippen LogP) is 5.60. The summed E-state index contributed by atoms with van der Waals surface area (Å²) in [7, 11) is 33.0. The van der Waals surface area contributed by atoms with Crippen molar-refractivity contribution in [2.24, 2.45) is 120 Å². The van der Waals surface area contributed by atoms with Gasteiger partial charge in [-0.2, -0.15) is 13.8 Å². The molecule has 0 bridgehead atoms. The van der Waals surface area contributed by atoms with Crippen molar-refractivity contribution >= 4 is 22.9 Å². The van der Waals surface area contributed by atoms with Crippen molar-refractivity contribution in [3.05, 3.63) is 289 Å². The first-order valence-electron chi connectivity index (χ1n) is 32.1. The van der Waals surface area contributed by atoms with Gasteiger partial charge in [0.1, 0.15) is 58.3 Å². The van der Waals surface area contributed by atoms with E-state index in [0.29, 0.717) is 0 Å². The standard InChI is InChI=1S/C6H8N.C5H8N3.2C5H9N2.4C5H7N2.C4H8N3.C4H6N3.2C4H6NO.2C4H6NS.3C2H6.5CH4/c1-7-5-3-2-4-6-7;1-5-6-3-8(2)4-7-5;1-6-3-4-7(2)5-6;1-6-4-3-5-7(6)2;1-7-4-2-6-3-5-7;1-7-4-2-3-6-5-7;2*1-7-5-3-2-4-6-7;1-6-3-5-7(2)4-6;1-7-3-5-2-6-4-7;1-5-2-3-6-4-5;1-5-3-2-4-6-5;1-5-2-3-6-4-5;1-5-3-2-4-6-5;3*1-2;;;;;/h2-6H,1H3;3-4H,1-2H3;2*3-5H,1-2H3;4*2-5H,1H3;3-4H,1-2H3;2-4H,1H3;4*2-4H,1H3;3*1-2H3;5*1H4/q14*+1;;;;;;;;. The van der Waals surface area contributed by atoms with Crippen LogP contribution in [0.1, 0.15) is 84.5 Å². The smallest absolute Gasteiger partial charge is 0.334 e. The van der Waals surface area contributed by atoms with E-state index in [1.54, 1.807) is 139 Å². The number of imidazole rings is 1. The van der Waals surface area contributed by atoms with Crippen LogP contribution >= 0.6 is 22.9 Å². The lowest BCUT2D eigenvalue weighted by Gasteiger charge is -1.82. The van der Waals surface area contributed by atoms with E-state index < -0.39 is 0 Å². The van der Waals surface area contributed by atoms with E-state index in [4.69, 9.17) is 4.52 Å². The van der Waals surface area contributed by atoms with Gasteiger partial charge in [0.2, 0.25) is 55.9 Å². The number of aromatic nitrogens is 26. The van der Waals surface area contributed by atoms with Crippen molar-refractivity contribution in [3.63, 3.8) is 0 Å². The van der Waals surface area contributed by atoms with Crippen molar-refractivity contribution in [2.75, 3.05) is 0 Å². The molecule has 30 heteroatoms. The van der Waals surface area contributed by atoms with Gasteiger partial charge in [0.25, 0.3) is 24.8 Å². The van der Waals surface area contributed by atoms with Crippen molar-refractivity contribution in [2.45, 2.75) is 85.6 Å². The first kappa shape index (κ1) is 111. The minimum Gasteiger partial charge on any atom is -0.412 e. The fourth-order valence-corrected chi connectivity index (χ4v) is 6.71. The molecular formula is C76H138N26O2S2+14. The lowest BCUT2D eigenvalue weighted by Crippen LogP contribution is -2.35. The van der Waals surface area contributed by atoms with Gasteiger partial charge in [-0.25, -0.2) is 41.1 Å². The molecule has 0 N–H and O–H groups in total. The number of rotatable bonds is 0. The molecule has 0 saturated heterocycles. The van der Waals surface area contributed by atoms with Crippen LogP contribution in [0.4, 0.5) is 0 Å². The first-order valence-corrected chi connectivity index (χ1v) is 33.9. The second-order valence-corrected chi connectivity index (χ2v) is 21.6. The van der Waals surface area contributed by atoms with Gasteiger partial charge in [-0.1, -0.05) is 130 Å². The number of hydrogen-bond donors (Lipinski definition) is 0. The lowest BCUT2D eigenvalue weighted by atomic mass is 10.5. The van der Waals surface area contributed by atoms with Crippen LogP contribution in [0, 0.1) is 6.92 Å². The number of pyridine rings is 1. The topological polar surface area (TPSA) is 211 Å². The Morgan fingerprint density at radius 3 is 1.12 bits per heavy atom. The predicted molar refractivity (Wildman–Crippen MR) is 416 cm³/mol. The summed E-state index contributed by atoms with van der Waals surface area (Å²) >= 11 is 3.40. The normalized spacial score (nSPS) is 8.19. The second-order valence-electron chi connectivity index (χ2n) is 19.7. The molecule has 28 nitrogen and oxygen atoms in total. The number of nitrogens with zero attached hydrogens (tertiary/aromatic N) is 26. The van der Waals surface area contributed by atoms with Crippen LogP contribution in [0.5, 0.6) is 0 Å². The highest BCUT2D eigenvalue weighted by Gasteiger charge is 1.94. The molecule has 0 aliphatic carbocycles. The van der Waals surface area contributed by atoms with Crippen LogP contribution in [0.15, 0.2) is 292 Å². The summed E-state index contributed by atoms with van der Waals surface area (Å²) in [6.07, 6.45) is 58.5. The third-order valence-corrected chi connectivity index (χ3v) is 12.0. The molecule has 0 saturated carbocycles. The fourth-order valence-electron chi connectivity index (χ4n) is 5.64. The minimum atomic E-state index is 0. The molecule has 0 unspecified atom stereocenters. The molecule has 0 radical (unpaired) electrons. The van der Waals surface area contributed by atoms with Crippen molar-refractivity contribution < 1.29 is 72.8 Å². The van der Waals surface area contributed by atoms with Gasteiger partial charge in [0.05, 0.1) is 104 Å². The molecule has 14 aromatic rings. The molecule has 0 spiro atoms. The zero-order valence-corrected chi connectivity index (χ0v) is 66.0. The average molecular weight is 1510 g/mol. The highest BCUT2D eigenvalue weighted by molar-refractivity contribution is 7.07. The van der Waals surface area contributed by atoms with Gasteiger partial charge < -0.3 is 4.42 Å². The Morgan fingerprint density at radius 1 is 0.387 bits per heavy atom. The monoisotopic (exact) mass is 1510 g/mol. The maximum atomic E-state index is 4.75. The zero-order valence-electron chi connectivity index (χ0n) is 64.3. The van der Waals surface area contributed by atoms with E-state index >= 15 is 0 Å². The van der Waals surface area contributed by atoms with Crippen molar-refractivity contribution in [3.8, 4) is 0 Å². The fraction of sp³-hybridized carbons (Fsp3) is 0.382. The second kappa shape index (κ2) is 77.9. The molecule has 0 atom stereocenters. The Morgan fingerprint density at radius 2 is 0.934 bits per heavy atom. The highest BCUT2D eigenvalue weighted by Crippen LogP contribution is 1.84. The molecule has 14 aromatic heterocycles. The van der Waals surface area contributed by atoms with E-state index in [-0.39, 0.29) is 37.1 Å². The SMILES string of the molecule is C.C.C.C.C.CC.CC.CC.C[n+]1ccccc1.C[n+]1ccccn1.C[n+]1ccccn1.C[n+]1cccnc1.C[n+]1ccco1.C[n+]1cccs1.C[n+]1ccncc1.C[n+]1ccoc1.C[n+]1ccsc1.C[n+]1cncnc1.Cc1nc[n+](C)cn1.Cn1c[n+](C)cn1.Cn1cc[n+](C)c1.Cn1ccc[n+]1C. The van der Waals surface area contributed by atoms with E-state index in [1.165, 1.54) is 6.33 Å². The van der Waals surface area contributed by atoms with Gasteiger partial charge in [0, 0.05) is 60.6 Å². The summed E-state index contributed by atoms with van der Waals surface area (Å²) in [5.41, 5.74) is 2.04. The third-order valence-electron chi connectivity index (χ3n) is 10.5. The molecule has 14 heterocycles. The minimum absolute atomic E-state index is 0. The Kier molecular flexibility index (Phi) is 81.3. The molecule has 14 rings (SSSR count). The summed E-state index contributed by atoms with van der Waals surface area (Å²) in [5, 5.41) is 15.8. The maximum absolute atomic E-state index is 4.75. The van der Waals surface area contributed by atoms with E-state index in [1.807, 2.05) is 407 Å². The molecule has 0 aliphatic rings. The number of thiazole rings is 1. The Balaban J connectivity index is -0.000000161. The maximum Gasteiger partial charge on any atom is 0.334 e. The number of hydrogen-bond acceptors (Lipinski definition) is 13. The quantitative estimate of drug-likeness (QED) is 0.171. The Hall–Kier alpha value is -11.3. The summed E-state index contributed by atoms with van der Waals surface area (Å²) in [6.45, 7) is 13.9. The van der Waals surface area contributed by atoms with Gasteiger partial charge >= 0.3 is 6.39 Å². The van der Waals surface area contributed by atoms with Crippen LogP contribution in [0.25, 0.3) is 0 Å². The molecule has 0 amide bonds. The van der Waals surface area contributed by atoms with Gasteiger partial charge in [-0.05, 0) is 27.1 Å². The Bertz CT molecular complexity index is 3330. The van der Waals surface area contributed by atoms with E-state index in [0.717, 1.165) is 5.82 Å². The summed E-state index contributed by atoms with van der Waals surface area (Å²) in [5.74, 6) is 0.808. The highest BCUT2D eigenvalue weighted by atomic mass is 32.1. The largest absolute Gasteiger partial charge is 0.412 e. The number of oxazole rings is 1. The van der Waals surface area contributed by atoms with Gasteiger partial charge in [0.15, 0.2) is 104 Å². The van der Waals surface area contributed by atoms with E-state index in [2.05, 4.69) is 49.6 Å². The summed E-state index contributed by atoms with van der Waals surface area (Å²) in [4.78, 5) is 23.0. The number of aryl methyl sites for hydroxylation is 18. The zero-order chi connectivity index (χ0) is 76.1.